The van der Waals surface area contributed by atoms with Crippen LogP contribution in [0.1, 0.15) is 17.3 Å². The van der Waals surface area contributed by atoms with Crippen molar-refractivity contribution in [1.29, 1.82) is 0 Å². The third-order valence-electron chi connectivity index (χ3n) is 2.28. The van der Waals surface area contributed by atoms with Crippen molar-refractivity contribution in [3.63, 3.8) is 0 Å². The molecule has 0 saturated heterocycles. The summed E-state index contributed by atoms with van der Waals surface area (Å²) < 4.78 is 0. The summed E-state index contributed by atoms with van der Waals surface area (Å²) >= 11 is 11.4. The zero-order chi connectivity index (χ0) is 12.8. The number of rotatable bonds is 5. The van der Waals surface area contributed by atoms with Crippen molar-refractivity contribution >= 4 is 29.1 Å². The average molecular weight is 277 g/mol. The van der Waals surface area contributed by atoms with Gasteiger partial charge in [0.25, 0.3) is 5.91 Å². The van der Waals surface area contributed by atoms with Gasteiger partial charge in [-0.05, 0) is 19.7 Å². The molecule has 0 unspecified atom stereocenters. The lowest BCUT2D eigenvalue weighted by atomic mass is 10.3. The third-order valence-corrected chi connectivity index (χ3v) is 2.75. The van der Waals surface area contributed by atoms with E-state index in [9.17, 15) is 4.79 Å². The molecule has 0 atom stereocenters. The number of hydrogen-bond acceptors (Lipinski definition) is 4. The molecular formula is C10H14Cl2N4O. The molecule has 0 radical (unpaired) electrons. The number of nitrogens with one attached hydrogen (secondary N) is 1. The Morgan fingerprint density at radius 3 is 2.82 bits per heavy atom. The Labute approximate surface area is 110 Å². The molecule has 0 bridgehead atoms. The van der Waals surface area contributed by atoms with Gasteiger partial charge in [-0.2, -0.15) is 0 Å². The fourth-order valence-corrected chi connectivity index (χ4v) is 1.45. The van der Waals surface area contributed by atoms with Crippen molar-refractivity contribution in [2.75, 3.05) is 26.7 Å². The van der Waals surface area contributed by atoms with Gasteiger partial charge in [-0.25, -0.2) is 0 Å². The molecule has 7 heteroatoms. The van der Waals surface area contributed by atoms with Crippen LogP contribution >= 0.6 is 23.2 Å². The van der Waals surface area contributed by atoms with E-state index in [1.54, 1.807) is 0 Å². The van der Waals surface area contributed by atoms with Crippen LogP contribution in [0, 0.1) is 0 Å². The van der Waals surface area contributed by atoms with E-state index >= 15 is 0 Å². The molecule has 1 aromatic heterocycles. The predicted octanol–water partition coefficient (Wildman–Crippen LogP) is 1.46. The lowest BCUT2D eigenvalue weighted by molar-refractivity contribution is 0.0949. The lowest BCUT2D eigenvalue weighted by Crippen LogP contribution is -2.33. The van der Waals surface area contributed by atoms with Crippen LogP contribution in [0.3, 0.4) is 0 Å². The minimum absolute atomic E-state index is 0.0516. The van der Waals surface area contributed by atoms with Crippen molar-refractivity contribution < 1.29 is 4.79 Å². The Bertz CT molecular complexity index is 400. The highest BCUT2D eigenvalue weighted by atomic mass is 35.5. The van der Waals surface area contributed by atoms with Crippen LogP contribution < -0.4 is 5.32 Å². The third kappa shape index (κ3) is 4.46. The maximum absolute atomic E-state index is 11.7. The summed E-state index contributed by atoms with van der Waals surface area (Å²) in [7, 11) is 1.98. The molecule has 1 N–H and O–H groups in total. The van der Waals surface area contributed by atoms with E-state index in [4.69, 9.17) is 23.2 Å². The summed E-state index contributed by atoms with van der Waals surface area (Å²) in [5, 5.41) is 10.0. The van der Waals surface area contributed by atoms with E-state index in [-0.39, 0.29) is 21.8 Å². The van der Waals surface area contributed by atoms with Gasteiger partial charge in [0.05, 0.1) is 5.56 Å². The van der Waals surface area contributed by atoms with Crippen molar-refractivity contribution in [2.45, 2.75) is 6.92 Å². The number of halogens is 2. The first-order chi connectivity index (χ1) is 8.04. The van der Waals surface area contributed by atoms with Crippen molar-refractivity contribution in [2.24, 2.45) is 0 Å². The molecule has 1 heterocycles. The van der Waals surface area contributed by atoms with Crippen LogP contribution in [0.5, 0.6) is 0 Å². The van der Waals surface area contributed by atoms with Gasteiger partial charge in [-0.15, -0.1) is 10.2 Å². The number of carbonyl (C=O) groups is 1. The summed E-state index contributed by atoms with van der Waals surface area (Å²) in [4.78, 5) is 13.8. The molecule has 0 aliphatic heterocycles. The van der Waals surface area contributed by atoms with Crippen LogP contribution in [-0.2, 0) is 0 Å². The maximum Gasteiger partial charge on any atom is 0.254 e. The highest BCUT2D eigenvalue weighted by molar-refractivity contribution is 6.34. The second-order valence-corrected chi connectivity index (χ2v) is 4.27. The number of likely N-dealkylation sites (N-methyl/N-ethyl adjacent to an activating group) is 1. The Morgan fingerprint density at radius 1 is 1.47 bits per heavy atom. The van der Waals surface area contributed by atoms with Gasteiger partial charge in [-0.1, -0.05) is 30.1 Å². The number of nitrogens with zero attached hydrogens (tertiary/aromatic N) is 3. The Hall–Kier alpha value is -0.910. The summed E-state index contributed by atoms with van der Waals surface area (Å²) in [5.41, 5.74) is 0.241. The molecule has 0 saturated carbocycles. The van der Waals surface area contributed by atoms with E-state index in [1.807, 2.05) is 14.0 Å². The standard InChI is InChI=1S/C10H14Cl2N4O/c1-3-16(2)5-4-13-10(17)7-6-8(11)14-15-9(7)12/h6H,3-5H2,1-2H3,(H,13,17). The molecular weight excluding hydrogens is 263 g/mol. The first kappa shape index (κ1) is 14.2. The number of hydrogen-bond donors (Lipinski definition) is 1. The van der Waals surface area contributed by atoms with Crippen LogP contribution in [0.4, 0.5) is 0 Å². The van der Waals surface area contributed by atoms with Gasteiger partial charge in [0.1, 0.15) is 0 Å². The molecule has 0 aromatic carbocycles. The second kappa shape index (κ2) is 6.74. The molecule has 17 heavy (non-hydrogen) atoms. The Balaban J connectivity index is 2.55. The molecule has 94 valence electrons. The molecule has 0 fully saturated rings. The quantitative estimate of drug-likeness (QED) is 0.885. The van der Waals surface area contributed by atoms with Gasteiger partial charge in [0.15, 0.2) is 10.3 Å². The maximum atomic E-state index is 11.7. The van der Waals surface area contributed by atoms with Crippen molar-refractivity contribution in [3.8, 4) is 0 Å². The molecule has 1 amide bonds. The topological polar surface area (TPSA) is 58.1 Å². The fourth-order valence-electron chi connectivity index (χ4n) is 1.13. The highest BCUT2D eigenvalue weighted by Gasteiger charge is 2.12. The largest absolute Gasteiger partial charge is 0.351 e. The van der Waals surface area contributed by atoms with E-state index in [0.717, 1.165) is 13.1 Å². The van der Waals surface area contributed by atoms with Gasteiger partial charge < -0.3 is 10.2 Å². The first-order valence-electron chi connectivity index (χ1n) is 5.20. The number of aromatic nitrogens is 2. The summed E-state index contributed by atoms with van der Waals surface area (Å²) in [6, 6.07) is 1.40. The normalized spacial score (nSPS) is 10.6. The molecule has 5 nitrogen and oxygen atoms in total. The molecule has 1 rings (SSSR count). The SMILES string of the molecule is CCN(C)CCNC(=O)c1cc(Cl)nnc1Cl. The summed E-state index contributed by atoms with van der Waals surface area (Å²) in [5.74, 6) is -0.295. The fraction of sp³-hybridized carbons (Fsp3) is 0.500. The average Bonchev–Trinajstić information content (AvgIpc) is 2.31. The number of carbonyl (C=O) groups excluding carboxylic acids is 1. The van der Waals surface area contributed by atoms with Crippen molar-refractivity contribution in [3.05, 3.63) is 21.9 Å². The molecule has 0 aliphatic rings. The van der Waals surface area contributed by atoms with Gasteiger partial charge in [0, 0.05) is 13.1 Å². The van der Waals surface area contributed by atoms with Gasteiger partial charge in [-0.3, -0.25) is 4.79 Å². The predicted molar refractivity (Wildman–Crippen MR) is 67.6 cm³/mol. The van der Waals surface area contributed by atoms with Crippen molar-refractivity contribution in [1.82, 2.24) is 20.4 Å². The monoisotopic (exact) mass is 276 g/mol. The first-order valence-corrected chi connectivity index (χ1v) is 5.95. The van der Waals surface area contributed by atoms with Gasteiger partial charge in [0.2, 0.25) is 0 Å². The zero-order valence-electron chi connectivity index (χ0n) is 9.70. The smallest absolute Gasteiger partial charge is 0.254 e. The van der Waals surface area contributed by atoms with E-state index < -0.39 is 0 Å². The molecule has 0 spiro atoms. The zero-order valence-corrected chi connectivity index (χ0v) is 11.2. The van der Waals surface area contributed by atoms with Gasteiger partial charge >= 0.3 is 0 Å². The Kier molecular flexibility index (Phi) is 5.61. The minimum Gasteiger partial charge on any atom is -0.351 e. The molecule has 1 aromatic rings. The van der Waals surface area contributed by atoms with Crippen LogP contribution in [0.15, 0.2) is 6.07 Å². The van der Waals surface area contributed by atoms with E-state index in [0.29, 0.717) is 6.54 Å². The van der Waals surface area contributed by atoms with E-state index in [1.165, 1.54) is 6.07 Å². The van der Waals surface area contributed by atoms with Crippen LogP contribution in [0.25, 0.3) is 0 Å². The summed E-state index contributed by atoms with van der Waals surface area (Å²) in [6.07, 6.45) is 0. The Morgan fingerprint density at radius 2 is 2.18 bits per heavy atom. The second-order valence-electron chi connectivity index (χ2n) is 3.52. The highest BCUT2D eigenvalue weighted by Crippen LogP contribution is 2.14. The summed E-state index contributed by atoms with van der Waals surface area (Å²) in [6.45, 7) is 4.29. The minimum atomic E-state index is -0.295. The number of amides is 1. The van der Waals surface area contributed by atoms with Crippen LogP contribution in [-0.4, -0.2) is 47.7 Å². The van der Waals surface area contributed by atoms with E-state index in [2.05, 4.69) is 20.4 Å². The van der Waals surface area contributed by atoms with Crippen LogP contribution in [0.2, 0.25) is 10.3 Å². The molecule has 0 aliphatic carbocycles. The lowest BCUT2D eigenvalue weighted by Gasteiger charge is -2.14.